The average Bonchev–Trinajstić information content (AvgIpc) is 2.20. The Balaban J connectivity index is 2.83. The summed E-state index contributed by atoms with van der Waals surface area (Å²) in [6.45, 7) is 5.59. The molecule has 0 heterocycles. The normalized spacial score (nSPS) is 12.2. The van der Waals surface area contributed by atoms with Crippen molar-refractivity contribution in [2.75, 3.05) is 0 Å². The number of rotatable bonds is 4. The van der Waals surface area contributed by atoms with Crippen LogP contribution in [0.15, 0.2) is 35.3 Å². The van der Waals surface area contributed by atoms with Crippen LogP contribution in [0.1, 0.15) is 12.5 Å². The van der Waals surface area contributed by atoms with E-state index in [0.717, 1.165) is 15.8 Å². The van der Waals surface area contributed by atoms with Crippen molar-refractivity contribution >= 4 is 15.9 Å². The molecule has 1 rings (SSSR count). The fourth-order valence-corrected chi connectivity index (χ4v) is 1.51. The molecule has 0 spiro atoms. The first kappa shape index (κ1) is 11.3. The Bertz CT molecular complexity index is 323. The molecule has 1 atom stereocenters. The summed E-state index contributed by atoms with van der Waals surface area (Å²) in [5, 5.41) is 8.90. The van der Waals surface area contributed by atoms with E-state index in [1.165, 1.54) is 0 Å². The van der Waals surface area contributed by atoms with Crippen molar-refractivity contribution in [3.63, 3.8) is 0 Å². The topological polar surface area (TPSA) is 29.5 Å². The molecule has 2 nitrogen and oxygen atoms in total. The van der Waals surface area contributed by atoms with Crippen molar-refractivity contribution in [1.29, 1.82) is 0 Å². The van der Waals surface area contributed by atoms with Gasteiger partial charge >= 0.3 is 0 Å². The van der Waals surface area contributed by atoms with E-state index in [9.17, 15) is 0 Å². The second-order valence-electron chi connectivity index (χ2n) is 2.98. The Hall–Kier alpha value is -0.800. The number of halogens is 1. The van der Waals surface area contributed by atoms with Gasteiger partial charge in [0.2, 0.25) is 0 Å². The Morgan fingerprint density at radius 1 is 1.64 bits per heavy atom. The first-order valence-electron chi connectivity index (χ1n) is 4.36. The monoisotopic (exact) mass is 256 g/mol. The maximum absolute atomic E-state index is 8.90. The zero-order chi connectivity index (χ0) is 10.6. The number of benzene rings is 1. The molecular formula is C11H13BrO2. The number of hydrogen-bond acceptors (Lipinski definition) is 2. The van der Waals surface area contributed by atoms with Gasteiger partial charge in [-0.25, -0.2) is 0 Å². The summed E-state index contributed by atoms with van der Waals surface area (Å²) in [5.41, 5.74) is 0.857. The van der Waals surface area contributed by atoms with Crippen molar-refractivity contribution in [3.8, 4) is 5.75 Å². The second-order valence-corrected chi connectivity index (χ2v) is 3.84. The molecule has 14 heavy (non-hydrogen) atoms. The molecule has 0 saturated carbocycles. The van der Waals surface area contributed by atoms with Crippen LogP contribution in [-0.2, 0) is 6.61 Å². The molecule has 1 aromatic carbocycles. The van der Waals surface area contributed by atoms with E-state index >= 15 is 0 Å². The maximum Gasteiger partial charge on any atom is 0.134 e. The van der Waals surface area contributed by atoms with Gasteiger partial charge < -0.3 is 9.84 Å². The highest BCUT2D eigenvalue weighted by Crippen LogP contribution is 2.26. The fourth-order valence-electron chi connectivity index (χ4n) is 0.987. The summed E-state index contributed by atoms with van der Waals surface area (Å²) < 4.78 is 6.39. The summed E-state index contributed by atoms with van der Waals surface area (Å²) >= 11 is 3.38. The lowest BCUT2D eigenvalue weighted by atomic mass is 10.2. The highest BCUT2D eigenvalue weighted by atomic mass is 79.9. The molecule has 0 bridgehead atoms. The van der Waals surface area contributed by atoms with Gasteiger partial charge in [-0.3, -0.25) is 0 Å². The third kappa shape index (κ3) is 2.86. The van der Waals surface area contributed by atoms with Crippen LogP contribution in [0.2, 0.25) is 0 Å². The predicted molar refractivity (Wildman–Crippen MR) is 60.4 cm³/mol. The maximum atomic E-state index is 8.90. The van der Waals surface area contributed by atoms with E-state index in [0.29, 0.717) is 0 Å². The molecule has 0 aliphatic heterocycles. The molecule has 1 N–H and O–H groups in total. The van der Waals surface area contributed by atoms with Crippen molar-refractivity contribution in [2.45, 2.75) is 19.6 Å². The van der Waals surface area contributed by atoms with Crippen LogP contribution in [0, 0.1) is 0 Å². The summed E-state index contributed by atoms with van der Waals surface area (Å²) in [5.74, 6) is 0.759. The van der Waals surface area contributed by atoms with E-state index in [1.807, 2.05) is 25.1 Å². The van der Waals surface area contributed by atoms with Gasteiger partial charge in [0.1, 0.15) is 11.9 Å². The van der Waals surface area contributed by atoms with Crippen LogP contribution >= 0.6 is 15.9 Å². The Morgan fingerprint density at radius 3 is 2.86 bits per heavy atom. The van der Waals surface area contributed by atoms with Crippen molar-refractivity contribution < 1.29 is 9.84 Å². The molecule has 0 radical (unpaired) electrons. The zero-order valence-electron chi connectivity index (χ0n) is 8.03. The summed E-state index contributed by atoms with van der Waals surface area (Å²) in [7, 11) is 0. The minimum atomic E-state index is -0.0220. The SMILES string of the molecule is C=CC(C)Oc1ccc(CO)cc1Br. The second kappa shape index (κ2) is 5.17. The number of hydrogen-bond donors (Lipinski definition) is 1. The highest BCUT2D eigenvalue weighted by Gasteiger charge is 2.04. The van der Waals surface area contributed by atoms with Gasteiger partial charge in [-0.05, 0) is 40.5 Å². The predicted octanol–water partition coefficient (Wildman–Crippen LogP) is 2.89. The molecule has 0 fully saturated rings. The summed E-state index contributed by atoms with van der Waals surface area (Å²) in [4.78, 5) is 0. The molecule has 3 heteroatoms. The Kier molecular flexibility index (Phi) is 4.17. The van der Waals surface area contributed by atoms with Crippen LogP contribution in [0.25, 0.3) is 0 Å². The number of ether oxygens (including phenoxy) is 1. The van der Waals surface area contributed by atoms with Gasteiger partial charge in [0.05, 0.1) is 11.1 Å². The summed E-state index contributed by atoms with van der Waals surface area (Å²) in [6, 6.07) is 5.50. The Labute approximate surface area is 92.3 Å². The molecular weight excluding hydrogens is 244 g/mol. The van der Waals surface area contributed by atoms with Gasteiger partial charge in [-0.15, -0.1) is 0 Å². The fraction of sp³-hybridized carbons (Fsp3) is 0.273. The van der Waals surface area contributed by atoms with Crippen molar-refractivity contribution in [2.24, 2.45) is 0 Å². The van der Waals surface area contributed by atoms with Crippen LogP contribution < -0.4 is 4.74 Å². The lowest BCUT2D eigenvalue weighted by molar-refractivity contribution is 0.266. The third-order valence-corrected chi connectivity index (χ3v) is 2.44. The lowest BCUT2D eigenvalue weighted by Crippen LogP contribution is -2.07. The summed E-state index contributed by atoms with van der Waals surface area (Å²) in [6.07, 6.45) is 1.71. The molecule has 0 saturated heterocycles. The minimum absolute atomic E-state index is 0.0220. The molecule has 0 aliphatic rings. The molecule has 0 aliphatic carbocycles. The van der Waals surface area contributed by atoms with Crippen molar-refractivity contribution in [3.05, 3.63) is 40.9 Å². The third-order valence-electron chi connectivity index (χ3n) is 1.82. The van der Waals surface area contributed by atoms with E-state index in [2.05, 4.69) is 22.5 Å². The molecule has 1 unspecified atom stereocenters. The molecule has 76 valence electrons. The quantitative estimate of drug-likeness (QED) is 0.840. The standard InChI is InChI=1S/C11H13BrO2/c1-3-8(2)14-11-5-4-9(7-13)6-10(11)12/h3-6,8,13H,1,7H2,2H3. The molecule has 0 amide bonds. The van der Waals surface area contributed by atoms with Crippen LogP contribution in [-0.4, -0.2) is 11.2 Å². The zero-order valence-corrected chi connectivity index (χ0v) is 9.62. The first-order valence-corrected chi connectivity index (χ1v) is 5.15. The molecule has 1 aromatic rings. The van der Waals surface area contributed by atoms with E-state index < -0.39 is 0 Å². The highest BCUT2D eigenvalue weighted by molar-refractivity contribution is 9.10. The lowest BCUT2D eigenvalue weighted by Gasteiger charge is -2.12. The van der Waals surface area contributed by atoms with Crippen molar-refractivity contribution in [1.82, 2.24) is 0 Å². The van der Waals surface area contributed by atoms with Gasteiger partial charge in [0, 0.05) is 0 Å². The van der Waals surface area contributed by atoms with Gasteiger partial charge in [0.25, 0.3) is 0 Å². The largest absolute Gasteiger partial charge is 0.485 e. The smallest absolute Gasteiger partial charge is 0.134 e. The number of aliphatic hydroxyl groups is 1. The van der Waals surface area contributed by atoms with E-state index in [4.69, 9.17) is 9.84 Å². The van der Waals surface area contributed by atoms with Crippen LogP contribution in [0.5, 0.6) is 5.75 Å². The molecule has 0 aromatic heterocycles. The minimum Gasteiger partial charge on any atom is -0.485 e. The van der Waals surface area contributed by atoms with Gasteiger partial charge in [-0.1, -0.05) is 18.7 Å². The van der Waals surface area contributed by atoms with E-state index in [-0.39, 0.29) is 12.7 Å². The van der Waals surface area contributed by atoms with Gasteiger partial charge in [-0.2, -0.15) is 0 Å². The van der Waals surface area contributed by atoms with Crippen LogP contribution in [0.3, 0.4) is 0 Å². The van der Waals surface area contributed by atoms with Crippen LogP contribution in [0.4, 0.5) is 0 Å². The number of aliphatic hydroxyl groups excluding tert-OH is 1. The first-order chi connectivity index (χ1) is 6.67. The Morgan fingerprint density at radius 2 is 2.36 bits per heavy atom. The van der Waals surface area contributed by atoms with Gasteiger partial charge in [0.15, 0.2) is 0 Å². The van der Waals surface area contributed by atoms with E-state index in [1.54, 1.807) is 6.08 Å². The average molecular weight is 257 g/mol.